The lowest BCUT2D eigenvalue weighted by Gasteiger charge is -2.19. The summed E-state index contributed by atoms with van der Waals surface area (Å²) < 4.78 is 44.0. The van der Waals surface area contributed by atoms with Gasteiger partial charge in [0.05, 0.1) is 11.3 Å². The highest BCUT2D eigenvalue weighted by molar-refractivity contribution is 6.31. The predicted octanol–water partition coefficient (Wildman–Crippen LogP) is 3.90. The molecule has 0 spiro atoms. The SMILES string of the molecule is O=C1[C@H]2N=NN(Cc3nc(-c4cccc(C(F)(F)F)c4)no3)[C@H]2C(=O)N1c1cccc(Cl)c1. The molecule has 9 nitrogen and oxygen atoms in total. The molecule has 33 heavy (non-hydrogen) atoms. The number of imide groups is 1. The van der Waals surface area contributed by atoms with Crippen LogP contribution in [0.15, 0.2) is 63.4 Å². The lowest BCUT2D eigenvalue weighted by Crippen LogP contribution is -2.39. The molecule has 2 atom stereocenters. The Labute approximate surface area is 188 Å². The number of amides is 2. The molecule has 1 fully saturated rings. The first-order chi connectivity index (χ1) is 15.7. The molecule has 2 aliphatic rings. The van der Waals surface area contributed by atoms with Gasteiger partial charge in [0.25, 0.3) is 11.8 Å². The third-order valence-electron chi connectivity index (χ3n) is 5.14. The first-order valence-corrected chi connectivity index (χ1v) is 9.91. The Hall–Kier alpha value is -3.80. The third-order valence-corrected chi connectivity index (χ3v) is 5.37. The molecule has 0 radical (unpaired) electrons. The molecule has 5 rings (SSSR count). The summed E-state index contributed by atoms with van der Waals surface area (Å²) in [7, 11) is 0. The molecular formula is C20H12ClF3N6O3. The summed E-state index contributed by atoms with van der Waals surface area (Å²) in [4.78, 5) is 30.8. The van der Waals surface area contributed by atoms with Crippen LogP contribution in [0, 0.1) is 0 Å². The number of alkyl halides is 3. The topological polar surface area (TPSA) is 104 Å². The van der Waals surface area contributed by atoms with Crippen LogP contribution in [0.25, 0.3) is 11.4 Å². The Morgan fingerprint density at radius 2 is 1.85 bits per heavy atom. The first kappa shape index (κ1) is 21.1. The summed E-state index contributed by atoms with van der Waals surface area (Å²) in [5, 5.41) is 13.1. The number of carbonyl (C=O) groups excluding carboxylic acids is 2. The minimum atomic E-state index is -4.52. The fraction of sp³-hybridized carbons (Fsp3) is 0.200. The van der Waals surface area contributed by atoms with Gasteiger partial charge in [0.2, 0.25) is 11.7 Å². The fourth-order valence-corrected chi connectivity index (χ4v) is 3.82. The Bertz CT molecular complexity index is 1290. The molecule has 0 bridgehead atoms. The van der Waals surface area contributed by atoms with Crippen molar-refractivity contribution in [2.45, 2.75) is 24.8 Å². The van der Waals surface area contributed by atoms with Crippen molar-refractivity contribution in [2.24, 2.45) is 10.3 Å². The molecule has 0 unspecified atom stereocenters. The van der Waals surface area contributed by atoms with E-state index in [9.17, 15) is 22.8 Å². The van der Waals surface area contributed by atoms with Crippen molar-refractivity contribution in [1.29, 1.82) is 0 Å². The Morgan fingerprint density at radius 3 is 2.61 bits per heavy atom. The maximum Gasteiger partial charge on any atom is 0.416 e. The molecule has 13 heteroatoms. The summed E-state index contributed by atoms with van der Waals surface area (Å²) in [5.74, 6) is -1.16. The lowest BCUT2D eigenvalue weighted by atomic mass is 10.1. The minimum Gasteiger partial charge on any atom is -0.337 e. The summed E-state index contributed by atoms with van der Waals surface area (Å²) in [6.07, 6.45) is -4.52. The molecule has 0 saturated carbocycles. The van der Waals surface area contributed by atoms with Crippen LogP contribution in [0.3, 0.4) is 0 Å². The zero-order valence-corrected chi connectivity index (χ0v) is 17.2. The quantitative estimate of drug-likeness (QED) is 0.529. The number of benzene rings is 2. The van der Waals surface area contributed by atoms with Crippen molar-refractivity contribution in [2.75, 3.05) is 4.90 Å². The number of halogens is 4. The van der Waals surface area contributed by atoms with Gasteiger partial charge < -0.3 is 4.52 Å². The number of carbonyl (C=O) groups is 2. The van der Waals surface area contributed by atoms with Gasteiger partial charge >= 0.3 is 6.18 Å². The molecule has 3 heterocycles. The smallest absolute Gasteiger partial charge is 0.337 e. The van der Waals surface area contributed by atoms with Gasteiger partial charge in [-0.05, 0) is 30.3 Å². The zero-order valence-electron chi connectivity index (χ0n) is 16.4. The Morgan fingerprint density at radius 1 is 1.06 bits per heavy atom. The largest absolute Gasteiger partial charge is 0.416 e. The third kappa shape index (κ3) is 3.71. The highest BCUT2D eigenvalue weighted by Gasteiger charge is 2.55. The summed E-state index contributed by atoms with van der Waals surface area (Å²) in [6, 6.07) is 8.72. The van der Waals surface area contributed by atoms with Crippen molar-refractivity contribution >= 4 is 29.1 Å². The van der Waals surface area contributed by atoms with E-state index in [0.717, 1.165) is 17.0 Å². The number of hydrogen-bond acceptors (Lipinski definition) is 8. The number of nitrogens with zero attached hydrogens (tertiary/aromatic N) is 6. The number of anilines is 1. The Kier molecular flexibility index (Phi) is 4.89. The molecule has 3 aromatic rings. The fourth-order valence-electron chi connectivity index (χ4n) is 3.63. The minimum absolute atomic E-state index is 0.0107. The van der Waals surface area contributed by atoms with Crippen LogP contribution < -0.4 is 4.90 Å². The van der Waals surface area contributed by atoms with Gasteiger partial charge in [-0.3, -0.25) is 14.6 Å². The van der Waals surface area contributed by atoms with Gasteiger partial charge in [-0.1, -0.05) is 40.2 Å². The van der Waals surface area contributed by atoms with Gasteiger partial charge in [0.15, 0.2) is 12.1 Å². The van der Waals surface area contributed by atoms with Gasteiger partial charge in [-0.15, -0.1) is 0 Å². The molecule has 2 aliphatic heterocycles. The van der Waals surface area contributed by atoms with Crippen LogP contribution in [0.2, 0.25) is 5.02 Å². The summed E-state index contributed by atoms with van der Waals surface area (Å²) in [5.41, 5.74) is -0.426. The van der Waals surface area contributed by atoms with Crippen LogP contribution in [-0.2, 0) is 22.3 Å². The molecule has 1 saturated heterocycles. The molecular weight excluding hydrogens is 465 g/mol. The monoisotopic (exact) mass is 476 g/mol. The Balaban J connectivity index is 1.36. The standard InChI is InChI=1S/C20H12ClF3N6O3/c21-12-5-2-6-13(8-12)30-18(31)15-16(19(30)32)29(28-26-15)9-14-25-17(27-33-14)10-3-1-4-11(7-10)20(22,23)24/h1-8,15-16H,9H2/t15-,16+/m0/s1. The number of aromatic nitrogens is 2. The molecule has 0 aliphatic carbocycles. The maximum atomic E-state index is 13.0. The van der Waals surface area contributed by atoms with E-state index in [1.54, 1.807) is 18.2 Å². The lowest BCUT2D eigenvalue weighted by molar-refractivity contribution is -0.137. The molecule has 2 aromatic carbocycles. The van der Waals surface area contributed by atoms with E-state index in [1.165, 1.54) is 23.2 Å². The van der Waals surface area contributed by atoms with E-state index in [2.05, 4.69) is 20.5 Å². The second kappa shape index (κ2) is 7.66. The van der Waals surface area contributed by atoms with Crippen molar-refractivity contribution < 1.29 is 27.3 Å². The van der Waals surface area contributed by atoms with Crippen LogP contribution in [0.1, 0.15) is 11.5 Å². The van der Waals surface area contributed by atoms with Gasteiger partial charge in [-0.25, -0.2) is 4.90 Å². The second-order valence-corrected chi connectivity index (χ2v) is 7.71. The molecule has 2 amide bonds. The van der Waals surface area contributed by atoms with Crippen molar-refractivity contribution in [3.63, 3.8) is 0 Å². The van der Waals surface area contributed by atoms with Crippen LogP contribution >= 0.6 is 11.6 Å². The second-order valence-electron chi connectivity index (χ2n) is 7.27. The number of fused-ring (bicyclic) bond motifs is 1. The van der Waals surface area contributed by atoms with E-state index in [0.29, 0.717) is 10.7 Å². The van der Waals surface area contributed by atoms with E-state index in [-0.39, 0.29) is 23.8 Å². The van der Waals surface area contributed by atoms with Gasteiger partial charge in [0, 0.05) is 10.6 Å². The highest BCUT2D eigenvalue weighted by Crippen LogP contribution is 2.34. The van der Waals surface area contributed by atoms with Crippen LogP contribution in [0.4, 0.5) is 18.9 Å². The van der Waals surface area contributed by atoms with Crippen LogP contribution in [-0.4, -0.2) is 39.0 Å². The van der Waals surface area contributed by atoms with Gasteiger partial charge in [-0.2, -0.15) is 23.3 Å². The van der Waals surface area contributed by atoms with Crippen molar-refractivity contribution in [3.05, 3.63) is 65.0 Å². The average molecular weight is 477 g/mol. The van der Waals surface area contributed by atoms with E-state index in [1.807, 2.05) is 0 Å². The summed E-state index contributed by atoms with van der Waals surface area (Å²) >= 11 is 5.97. The number of rotatable bonds is 4. The molecule has 1 aromatic heterocycles. The van der Waals surface area contributed by atoms with Crippen molar-refractivity contribution in [1.82, 2.24) is 15.1 Å². The average Bonchev–Trinajstić information content (AvgIpc) is 3.46. The zero-order chi connectivity index (χ0) is 23.3. The van der Waals surface area contributed by atoms with Gasteiger partial charge in [0.1, 0.15) is 6.54 Å². The normalized spacial score (nSPS) is 20.1. The summed E-state index contributed by atoms with van der Waals surface area (Å²) in [6.45, 7) is -0.168. The molecule has 0 N–H and O–H groups in total. The van der Waals surface area contributed by atoms with E-state index in [4.69, 9.17) is 16.1 Å². The van der Waals surface area contributed by atoms with E-state index < -0.39 is 35.6 Å². The highest BCUT2D eigenvalue weighted by atomic mass is 35.5. The predicted molar refractivity (Wildman–Crippen MR) is 107 cm³/mol. The first-order valence-electron chi connectivity index (χ1n) is 9.53. The maximum absolute atomic E-state index is 13.0. The molecule has 168 valence electrons. The van der Waals surface area contributed by atoms with E-state index >= 15 is 0 Å². The van der Waals surface area contributed by atoms with Crippen LogP contribution in [0.5, 0.6) is 0 Å². The van der Waals surface area contributed by atoms with Crippen molar-refractivity contribution in [3.8, 4) is 11.4 Å². The number of hydrogen-bond donors (Lipinski definition) is 0.